The van der Waals surface area contributed by atoms with Crippen molar-refractivity contribution in [3.05, 3.63) is 18.2 Å². The molecule has 1 saturated carbocycles. The van der Waals surface area contributed by atoms with Gasteiger partial charge in [0.1, 0.15) is 0 Å². The first-order valence-corrected chi connectivity index (χ1v) is 5.80. The lowest BCUT2D eigenvalue weighted by Gasteiger charge is -2.26. The summed E-state index contributed by atoms with van der Waals surface area (Å²) >= 11 is 0. The highest BCUT2D eigenvalue weighted by molar-refractivity contribution is 5.03. The van der Waals surface area contributed by atoms with Crippen LogP contribution in [-0.4, -0.2) is 9.55 Å². The van der Waals surface area contributed by atoms with Crippen molar-refractivity contribution in [1.82, 2.24) is 9.55 Å². The zero-order chi connectivity index (χ0) is 10.6. The second-order valence-corrected chi connectivity index (χ2v) is 3.99. The molecule has 0 atom stereocenters. The maximum absolute atomic E-state index is 4.38. The Balaban J connectivity index is 0.000000461. The lowest BCUT2D eigenvalue weighted by molar-refractivity contribution is 0.313. The number of nitrogens with zero attached hydrogens (tertiary/aromatic N) is 2. The van der Waals surface area contributed by atoms with Crippen molar-refractivity contribution >= 4 is 0 Å². The molecule has 0 spiro atoms. The van der Waals surface area contributed by atoms with Gasteiger partial charge in [0.15, 0.2) is 0 Å². The van der Waals surface area contributed by atoms with Crippen molar-refractivity contribution in [1.29, 1.82) is 0 Å². The van der Waals surface area contributed by atoms with Gasteiger partial charge in [-0.3, -0.25) is 0 Å². The average Bonchev–Trinajstić information content (AvgIpc) is 2.54. The molecule has 14 heavy (non-hydrogen) atoms. The Hall–Kier alpha value is -0.790. The molecule has 80 valence electrons. The molecule has 0 saturated heterocycles. The van der Waals surface area contributed by atoms with Crippen molar-refractivity contribution in [2.45, 2.75) is 58.9 Å². The number of aromatic nitrogens is 2. The van der Waals surface area contributed by atoms with E-state index in [1.54, 1.807) is 0 Å². The second-order valence-electron chi connectivity index (χ2n) is 3.99. The highest BCUT2D eigenvalue weighted by Crippen LogP contribution is 2.31. The molecule has 1 fully saturated rings. The fourth-order valence-electron chi connectivity index (χ4n) is 1.54. The topological polar surface area (TPSA) is 17.8 Å². The van der Waals surface area contributed by atoms with E-state index < -0.39 is 0 Å². The summed E-state index contributed by atoms with van der Waals surface area (Å²) in [4.78, 5) is 4.38. The van der Waals surface area contributed by atoms with Gasteiger partial charge in [-0.15, -0.1) is 0 Å². The number of hydrogen-bond donors (Lipinski definition) is 0. The first-order chi connectivity index (χ1) is 6.77. The van der Waals surface area contributed by atoms with E-state index in [-0.39, 0.29) is 0 Å². The van der Waals surface area contributed by atoms with Gasteiger partial charge in [-0.05, 0) is 25.2 Å². The summed E-state index contributed by atoms with van der Waals surface area (Å²) in [6, 6.07) is 0.755. The molecule has 0 radical (unpaired) electrons. The zero-order valence-electron chi connectivity index (χ0n) is 9.83. The average molecular weight is 194 g/mol. The third kappa shape index (κ3) is 2.37. The Bertz CT molecular complexity index is 259. The maximum Gasteiger partial charge on any atom is 0.0952 e. The first-order valence-electron chi connectivity index (χ1n) is 5.80. The van der Waals surface area contributed by atoms with Crippen LogP contribution in [0.1, 0.15) is 64.6 Å². The van der Waals surface area contributed by atoms with Gasteiger partial charge in [0.25, 0.3) is 0 Å². The van der Waals surface area contributed by atoms with E-state index in [1.165, 1.54) is 25.0 Å². The van der Waals surface area contributed by atoms with Crippen LogP contribution in [0.25, 0.3) is 0 Å². The molecule has 2 heteroatoms. The molecular weight excluding hydrogens is 172 g/mol. The molecule has 2 rings (SSSR count). The van der Waals surface area contributed by atoms with E-state index in [4.69, 9.17) is 0 Å². The molecule has 1 heterocycles. The quantitative estimate of drug-likeness (QED) is 0.701. The van der Waals surface area contributed by atoms with Gasteiger partial charge in [0.2, 0.25) is 0 Å². The smallest absolute Gasteiger partial charge is 0.0952 e. The molecule has 1 aromatic heterocycles. The predicted molar refractivity (Wildman–Crippen MR) is 60.6 cm³/mol. The largest absolute Gasteiger partial charge is 0.334 e. The zero-order valence-corrected chi connectivity index (χ0v) is 9.83. The summed E-state index contributed by atoms with van der Waals surface area (Å²) in [5.41, 5.74) is 1.22. The van der Waals surface area contributed by atoms with E-state index in [0.29, 0.717) is 5.92 Å². The van der Waals surface area contributed by atoms with Crippen LogP contribution < -0.4 is 0 Å². The summed E-state index contributed by atoms with van der Waals surface area (Å²) in [6.07, 6.45) is 8.26. The molecule has 1 aromatic rings. The van der Waals surface area contributed by atoms with Crippen molar-refractivity contribution in [2.75, 3.05) is 0 Å². The van der Waals surface area contributed by atoms with Crippen molar-refractivity contribution in [2.24, 2.45) is 0 Å². The standard InChI is InChI=1S/C10H16N2.C2H6/c1-8(2)10-6-12(7-11-10)9-4-3-5-9;1-2/h6-9H,3-5H2,1-2H3;1-2H3. The van der Waals surface area contributed by atoms with E-state index in [0.717, 1.165) is 6.04 Å². The fraction of sp³-hybridized carbons (Fsp3) is 0.750. The van der Waals surface area contributed by atoms with Gasteiger partial charge in [-0.25, -0.2) is 4.98 Å². The third-order valence-electron chi connectivity index (χ3n) is 2.71. The highest BCUT2D eigenvalue weighted by atomic mass is 15.1. The summed E-state index contributed by atoms with van der Waals surface area (Å²) in [5, 5.41) is 0. The Labute approximate surface area is 87.4 Å². The Morgan fingerprint density at radius 2 is 2.00 bits per heavy atom. The SMILES string of the molecule is CC.CC(C)c1cn(C2CCC2)cn1. The highest BCUT2D eigenvalue weighted by Gasteiger charge is 2.19. The van der Waals surface area contributed by atoms with Crippen molar-refractivity contribution in [3.63, 3.8) is 0 Å². The van der Waals surface area contributed by atoms with E-state index >= 15 is 0 Å². The molecule has 2 nitrogen and oxygen atoms in total. The summed E-state index contributed by atoms with van der Waals surface area (Å²) in [5.74, 6) is 0.561. The molecule has 0 N–H and O–H groups in total. The minimum Gasteiger partial charge on any atom is -0.334 e. The van der Waals surface area contributed by atoms with Crippen LogP contribution in [0.15, 0.2) is 12.5 Å². The number of rotatable bonds is 2. The van der Waals surface area contributed by atoms with Crippen LogP contribution in [0.2, 0.25) is 0 Å². The molecule has 0 amide bonds. The summed E-state index contributed by atoms with van der Waals surface area (Å²) < 4.78 is 2.28. The monoisotopic (exact) mass is 194 g/mol. The van der Waals surface area contributed by atoms with Gasteiger partial charge >= 0.3 is 0 Å². The van der Waals surface area contributed by atoms with Crippen LogP contribution in [-0.2, 0) is 0 Å². The normalized spacial score (nSPS) is 16.1. The number of imidazole rings is 1. The molecule has 1 aliphatic carbocycles. The van der Waals surface area contributed by atoms with Crippen molar-refractivity contribution < 1.29 is 0 Å². The van der Waals surface area contributed by atoms with Gasteiger partial charge in [-0.1, -0.05) is 27.7 Å². The van der Waals surface area contributed by atoms with Gasteiger partial charge in [0, 0.05) is 12.2 Å². The van der Waals surface area contributed by atoms with E-state index in [1.807, 2.05) is 20.2 Å². The lowest BCUT2D eigenvalue weighted by atomic mass is 9.93. The third-order valence-corrected chi connectivity index (χ3v) is 2.71. The van der Waals surface area contributed by atoms with Gasteiger partial charge in [-0.2, -0.15) is 0 Å². The maximum atomic E-state index is 4.38. The summed E-state index contributed by atoms with van der Waals surface area (Å²) in [7, 11) is 0. The first kappa shape index (κ1) is 11.3. The lowest BCUT2D eigenvalue weighted by Crippen LogP contribution is -2.15. The Kier molecular flexibility index (Phi) is 4.18. The minimum atomic E-state index is 0.561. The fourth-order valence-corrected chi connectivity index (χ4v) is 1.54. The predicted octanol–water partition coefficient (Wildman–Crippen LogP) is 3.76. The molecular formula is C12H22N2. The molecule has 1 aliphatic rings. The van der Waals surface area contributed by atoms with Gasteiger partial charge < -0.3 is 4.57 Å². The van der Waals surface area contributed by atoms with Crippen molar-refractivity contribution in [3.8, 4) is 0 Å². The molecule has 0 aromatic carbocycles. The molecule has 0 bridgehead atoms. The van der Waals surface area contributed by atoms with Crippen LogP contribution in [0.3, 0.4) is 0 Å². The van der Waals surface area contributed by atoms with E-state index in [2.05, 4.69) is 29.6 Å². The van der Waals surface area contributed by atoms with Crippen LogP contribution in [0.4, 0.5) is 0 Å². The van der Waals surface area contributed by atoms with Gasteiger partial charge in [0.05, 0.1) is 12.0 Å². The Morgan fingerprint density at radius 1 is 1.36 bits per heavy atom. The Morgan fingerprint density at radius 3 is 2.36 bits per heavy atom. The molecule has 0 unspecified atom stereocenters. The van der Waals surface area contributed by atoms with E-state index in [9.17, 15) is 0 Å². The summed E-state index contributed by atoms with van der Waals surface area (Å²) in [6.45, 7) is 8.38. The van der Waals surface area contributed by atoms with Crippen LogP contribution in [0, 0.1) is 0 Å². The second kappa shape index (κ2) is 5.18. The van der Waals surface area contributed by atoms with Crippen LogP contribution in [0.5, 0.6) is 0 Å². The molecule has 0 aliphatic heterocycles. The minimum absolute atomic E-state index is 0.561. The van der Waals surface area contributed by atoms with Crippen LogP contribution >= 0.6 is 0 Å². The number of hydrogen-bond acceptors (Lipinski definition) is 1.